The van der Waals surface area contributed by atoms with Crippen molar-refractivity contribution in [2.45, 2.75) is 6.54 Å². The second-order valence-corrected chi connectivity index (χ2v) is 5.64. The molecule has 0 saturated carbocycles. The molecule has 0 radical (unpaired) electrons. The molecule has 1 N–H and O–H groups in total. The fourth-order valence-corrected chi connectivity index (χ4v) is 2.37. The summed E-state index contributed by atoms with van der Waals surface area (Å²) in [6.45, 7) is 0.798. The molecular formula is C19H16BrClN2O. The minimum absolute atomic E-state index is 0. The Kier molecular flexibility index (Phi) is 6.53. The number of carbonyl (C=O) groups excluding carboxylic acids is 1. The number of aromatic nitrogens is 1. The molecule has 1 aromatic heterocycles. The topological polar surface area (TPSA) is 33.0 Å². The first-order valence-electron chi connectivity index (χ1n) is 7.31. The normalized spacial score (nSPS) is 9.88. The second kappa shape index (κ2) is 8.62. The lowest BCUT2D eigenvalue weighted by molar-refractivity contribution is -0.688. The molecular weight excluding hydrogens is 388 g/mol. The van der Waals surface area contributed by atoms with E-state index in [0.29, 0.717) is 10.6 Å². The minimum Gasteiger partial charge on any atom is -1.00 e. The number of nitrogens with one attached hydrogen (secondary N) is 1. The number of halogens is 2. The molecule has 24 heavy (non-hydrogen) atoms. The number of anilines is 1. The summed E-state index contributed by atoms with van der Waals surface area (Å²) < 4.78 is 2.06. The number of hydrogen-bond acceptors (Lipinski definition) is 1. The quantitative estimate of drug-likeness (QED) is 0.646. The summed E-state index contributed by atoms with van der Waals surface area (Å²) in [6, 6.07) is 20.8. The van der Waals surface area contributed by atoms with E-state index in [4.69, 9.17) is 11.6 Å². The number of nitrogens with zero attached hydrogens (tertiary/aromatic N) is 1. The highest BCUT2D eigenvalue weighted by atomic mass is 79.9. The van der Waals surface area contributed by atoms with E-state index in [1.54, 1.807) is 24.3 Å². The Labute approximate surface area is 156 Å². The summed E-state index contributed by atoms with van der Waals surface area (Å²) in [5, 5.41) is 3.49. The van der Waals surface area contributed by atoms with Gasteiger partial charge in [0.1, 0.15) is 0 Å². The molecule has 3 aromatic rings. The molecule has 1 amide bonds. The lowest BCUT2D eigenvalue weighted by Gasteiger charge is -2.05. The van der Waals surface area contributed by atoms with Crippen molar-refractivity contribution in [1.82, 2.24) is 0 Å². The van der Waals surface area contributed by atoms with Crippen molar-refractivity contribution in [3.63, 3.8) is 0 Å². The first-order chi connectivity index (χ1) is 11.2. The van der Waals surface area contributed by atoms with Crippen LogP contribution in [0.5, 0.6) is 0 Å². The molecule has 0 aliphatic heterocycles. The monoisotopic (exact) mass is 402 g/mol. The van der Waals surface area contributed by atoms with Crippen molar-refractivity contribution < 1.29 is 26.3 Å². The van der Waals surface area contributed by atoms with Gasteiger partial charge in [-0.1, -0.05) is 41.9 Å². The van der Waals surface area contributed by atoms with E-state index in [0.717, 1.165) is 12.2 Å². The molecule has 5 heteroatoms. The van der Waals surface area contributed by atoms with Gasteiger partial charge in [0.05, 0.1) is 5.69 Å². The molecule has 0 spiro atoms. The standard InChI is InChI=1S/C19H15ClN2O.BrH/c20-17-8-6-16(7-9-17)19(23)21-18-10-12-22(13-11-18)14-15-4-2-1-3-5-15;/h1-13H,14H2;1H. The molecule has 0 aliphatic rings. The molecule has 0 saturated heterocycles. The first kappa shape index (κ1) is 18.2. The van der Waals surface area contributed by atoms with Crippen molar-refractivity contribution in [1.29, 1.82) is 0 Å². The third kappa shape index (κ3) is 4.91. The summed E-state index contributed by atoms with van der Waals surface area (Å²) in [5.41, 5.74) is 2.57. The molecule has 3 nitrogen and oxygen atoms in total. The lowest BCUT2D eigenvalue weighted by Crippen LogP contribution is -3.00. The van der Waals surface area contributed by atoms with Crippen LogP contribution in [0.2, 0.25) is 5.02 Å². The SMILES string of the molecule is O=C(Nc1cc[n+](Cc2ccccc2)cc1)c1ccc(Cl)cc1.[Br-]. The third-order valence-electron chi connectivity index (χ3n) is 3.46. The molecule has 0 unspecified atom stereocenters. The van der Waals surface area contributed by atoms with Crippen LogP contribution in [0.15, 0.2) is 79.1 Å². The van der Waals surface area contributed by atoms with Gasteiger partial charge in [-0.15, -0.1) is 0 Å². The van der Waals surface area contributed by atoms with E-state index in [2.05, 4.69) is 22.0 Å². The van der Waals surface area contributed by atoms with Crippen molar-refractivity contribution >= 4 is 23.2 Å². The number of rotatable bonds is 4. The number of pyridine rings is 1. The number of carbonyl (C=O) groups is 1. The maximum absolute atomic E-state index is 12.1. The lowest BCUT2D eigenvalue weighted by atomic mass is 10.2. The van der Waals surface area contributed by atoms with Gasteiger partial charge in [-0.3, -0.25) is 4.79 Å². The molecule has 1 heterocycles. The van der Waals surface area contributed by atoms with Crippen molar-refractivity contribution in [2.24, 2.45) is 0 Å². The van der Waals surface area contributed by atoms with Gasteiger partial charge in [0.15, 0.2) is 18.9 Å². The van der Waals surface area contributed by atoms with Crippen LogP contribution in [0.4, 0.5) is 5.69 Å². The Morgan fingerprint density at radius 3 is 2.17 bits per heavy atom. The summed E-state index contributed by atoms with van der Waals surface area (Å²) in [4.78, 5) is 12.1. The maximum Gasteiger partial charge on any atom is 0.255 e. The summed E-state index contributed by atoms with van der Waals surface area (Å²) in [5.74, 6) is -0.150. The minimum atomic E-state index is -0.150. The molecule has 0 fully saturated rings. The predicted octanol–water partition coefficient (Wildman–Crippen LogP) is 0.932. The van der Waals surface area contributed by atoms with Crippen molar-refractivity contribution in [3.05, 3.63) is 95.3 Å². The molecule has 3 rings (SSSR count). The maximum atomic E-state index is 12.1. The van der Waals surface area contributed by atoms with Crippen LogP contribution in [0, 0.1) is 0 Å². The fraction of sp³-hybridized carbons (Fsp3) is 0.0526. The summed E-state index contributed by atoms with van der Waals surface area (Å²) in [6.07, 6.45) is 3.90. The summed E-state index contributed by atoms with van der Waals surface area (Å²) >= 11 is 5.83. The van der Waals surface area contributed by atoms with Gasteiger partial charge in [0.2, 0.25) is 0 Å². The Balaban J connectivity index is 0.00000208. The number of amides is 1. The van der Waals surface area contributed by atoms with Gasteiger partial charge in [-0.25, -0.2) is 4.57 Å². The van der Waals surface area contributed by atoms with Gasteiger partial charge < -0.3 is 22.3 Å². The zero-order chi connectivity index (χ0) is 16.1. The van der Waals surface area contributed by atoms with Gasteiger partial charge in [-0.05, 0) is 24.3 Å². The highest BCUT2D eigenvalue weighted by Gasteiger charge is 2.07. The van der Waals surface area contributed by atoms with Gasteiger partial charge >= 0.3 is 0 Å². The van der Waals surface area contributed by atoms with Crippen LogP contribution in [-0.4, -0.2) is 5.91 Å². The van der Waals surface area contributed by atoms with Crippen LogP contribution < -0.4 is 26.9 Å². The van der Waals surface area contributed by atoms with Gasteiger partial charge in [-0.2, -0.15) is 0 Å². The van der Waals surface area contributed by atoms with E-state index < -0.39 is 0 Å². The average molecular weight is 404 g/mol. The van der Waals surface area contributed by atoms with Crippen LogP contribution >= 0.6 is 11.6 Å². The zero-order valence-electron chi connectivity index (χ0n) is 12.8. The van der Waals surface area contributed by atoms with E-state index >= 15 is 0 Å². The Morgan fingerprint density at radius 2 is 1.54 bits per heavy atom. The van der Waals surface area contributed by atoms with E-state index in [1.165, 1.54) is 5.56 Å². The van der Waals surface area contributed by atoms with Crippen LogP contribution in [0.1, 0.15) is 15.9 Å². The van der Waals surface area contributed by atoms with Crippen molar-refractivity contribution in [2.75, 3.05) is 5.32 Å². The Hall–Kier alpha value is -2.17. The van der Waals surface area contributed by atoms with Gasteiger partial charge in [0, 0.05) is 28.3 Å². The highest BCUT2D eigenvalue weighted by molar-refractivity contribution is 6.30. The predicted molar refractivity (Wildman–Crippen MR) is 91.6 cm³/mol. The summed E-state index contributed by atoms with van der Waals surface area (Å²) in [7, 11) is 0. The second-order valence-electron chi connectivity index (χ2n) is 5.21. The van der Waals surface area contributed by atoms with Gasteiger partial charge in [0.25, 0.3) is 5.91 Å². The smallest absolute Gasteiger partial charge is 0.255 e. The van der Waals surface area contributed by atoms with Crippen LogP contribution in [0.3, 0.4) is 0 Å². The first-order valence-corrected chi connectivity index (χ1v) is 7.68. The molecule has 122 valence electrons. The zero-order valence-corrected chi connectivity index (χ0v) is 15.2. The Morgan fingerprint density at radius 1 is 0.917 bits per heavy atom. The van der Waals surface area contributed by atoms with E-state index in [9.17, 15) is 4.79 Å². The van der Waals surface area contributed by atoms with E-state index in [1.807, 2.05) is 42.7 Å². The number of hydrogen-bond donors (Lipinski definition) is 1. The fourth-order valence-electron chi connectivity index (χ4n) is 2.24. The largest absolute Gasteiger partial charge is 1.00 e. The highest BCUT2D eigenvalue weighted by Crippen LogP contribution is 2.12. The Bertz CT molecular complexity index is 790. The molecule has 0 aliphatic carbocycles. The van der Waals surface area contributed by atoms with Crippen LogP contribution in [0.25, 0.3) is 0 Å². The van der Waals surface area contributed by atoms with E-state index in [-0.39, 0.29) is 22.9 Å². The number of benzene rings is 2. The van der Waals surface area contributed by atoms with Crippen molar-refractivity contribution in [3.8, 4) is 0 Å². The average Bonchev–Trinajstić information content (AvgIpc) is 2.58. The molecule has 2 aromatic carbocycles. The van der Waals surface area contributed by atoms with Crippen LogP contribution in [-0.2, 0) is 6.54 Å². The molecule has 0 atom stereocenters. The molecule has 0 bridgehead atoms. The third-order valence-corrected chi connectivity index (χ3v) is 3.72.